The van der Waals surface area contributed by atoms with Crippen LogP contribution in [0, 0.1) is 30.1 Å². The molecule has 0 radical (unpaired) electrons. The Morgan fingerprint density at radius 2 is 1.87 bits per heavy atom. The lowest BCUT2D eigenvalue weighted by atomic mass is 9.90. The molecule has 0 saturated carbocycles. The molecule has 2 aliphatic rings. The number of carbonyl (C=O) groups is 1. The second kappa shape index (κ2) is 13.0. The van der Waals surface area contributed by atoms with Crippen LogP contribution in [-0.4, -0.2) is 39.3 Å². The smallest absolute Gasteiger partial charge is 0.270 e. The summed E-state index contributed by atoms with van der Waals surface area (Å²) in [4.78, 5) is 31.4. The van der Waals surface area contributed by atoms with Gasteiger partial charge < -0.3 is 4.90 Å². The summed E-state index contributed by atoms with van der Waals surface area (Å²) in [6, 6.07) is 12.8. The summed E-state index contributed by atoms with van der Waals surface area (Å²) in [6.45, 7) is 10.8. The Morgan fingerprint density at radius 3 is 2.49 bits per heavy atom. The Bertz CT molecular complexity index is 1350. The molecule has 0 unspecified atom stereocenters. The van der Waals surface area contributed by atoms with E-state index in [-0.39, 0.29) is 17.0 Å². The number of hydrogen-bond acceptors (Lipinski definition) is 6. The molecule has 0 bridgehead atoms. The van der Waals surface area contributed by atoms with Crippen molar-refractivity contribution < 1.29 is 4.79 Å². The average Bonchev–Trinajstić information content (AvgIpc) is 3.18. The molecular formula is C31H38N4O2S2. The fraction of sp³-hybridized carbons (Fsp3) is 0.484. The molecule has 1 amide bonds. The number of unbranched alkanes of at least 4 members (excludes halogenated alkanes) is 1. The number of pyridine rings is 1. The third-order valence-corrected chi connectivity index (χ3v) is 8.94. The van der Waals surface area contributed by atoms with Crippen LogP contribution in [-0.2, 0) is 17.8 Å². The number of piperidine rings is 1. The van der Waals surface area contributed by atoms with E-state index in [4.69, 9.17) is 12.2 Å². The lowest BCUT2D eigenvalue weighted by molar-refractivity contribution is -0.122. The zero-order valence-electron chi connectivity index (χ0n) is 23.4. The quantitative estimate of drug-likeness (QED) is 0.270. The number of aromatic nitrogens is 1. The Kier molecular flexibility index (Phi) is 9.68. The molecule has 0 N–H and O–H groups in total. The Morgan fingerprint density at radius 1 is 1.18 bits per heavy atom. The fourth-order valence-electron chi connectivity index (χ4n) is 5.46. The number of carbonyl (C=O) groups excluding carboxylic acids is 1. The molecule has 206 valence electrons. The molecule has 0 atom stereocenters. The largest absolute Gasteiger partial charge is 0.357 e. The maximum Gasteiger partial charge on any atom is 0.270 e. The van der Waals surface area contributed by atoms with E-state index in [2.05, 4.69) is 56.0 Å². The van der Waals surface area contributed by atoms with Crippen molar-refractivity contribution in [3.05, 3.63) is 67.8 Å². The first kappa shape index (κ1) is 29.1. The maximum atomic E-state index is 13.6. The van der Waals surface area contributed by atoms with Crippen molar-refractivity contribution in [3.8, 4) is 6.07 Å². The Balaban J connectivity index is 1.74. The molecule has 3 heterocycles. The molecule has 0 spiro atoms. The number of benzene rings is 1. The van der Waals surface area contributed by atoms with Crippen LogP contribution in [0.25, 0.3) is 6.08 Å². The maximum absolute atomic E-state index is 13.6. The van der Waals surface area contributed by atoms with Gasteiger partial charge >= 0.3 is 0 Å². The van der Waals surface area contributed by atoms with Crippen LogP contribution >= 0.6 is 24.0 Å². The van der Waals surface area contributed by atoms with Crippen molar-refractivity contribution in [2.75, 3.05) is 24.5 Å². The summed E-state index contributed by atoms with van der Waals surface area (Å²) in [5.74, 6) is 1.60. The second-order valence-electron chi connectivity index (χ2n) is 11.0. The van der Waals surface area contributed by atoms with Gasteiger partial charge in [-0.25, -0.2) is 0 Å². The van der Waals surface area contributed by atoms with E-state index in [0.717, 1.165) is 56.6 Å². The van der Waals surface area contributed by atoms with E-state index in [1.54, 1.807) is 9.47 Å². The van der Waals surface area contributed by atoms with Gasteiger partial charge in [0.1, 0.15) is 21.8 Å². The van der Waals surface area contributed by atoms with Gasteiger partial charge in [-0.2, -0.15) is 5.26 Å². The van der Waals surface area contributed by atoms with Gasteiger partial charge in [0.2, 0.25) is 0 Å². The highest BCUT2D eigenvalue weighted by Gasteiger charge is 2.34. The summed E-state index contributed by atoms with van der Waals surface area (Å²) in [6.07, 6.45) is 6.74. The van der Waals surface area contributed by atoms with Crippen LogP contribution in [0.4, 0.5) is 5.82 Å². The summed E-state index contributed by atoms with van der Waals surface area (Å²) >= 11 is 6.85. The van der Waals surface area contributed by atoms with Crippen LogP contribution in [0.15, 0.2) is 40.0 Å². The number of nitrogens with zero attached hydrogens (tertiary/aromatic N) is 4. The number of thioether (sulfide) groups is 1. The van der Waals surface area contributed by atoms with E-state index in [0.29, 0.717) is 39.7 Å². The minimum atomic E-state index is -0.241. The zero-order chi connectivity index (χ0) is 28.1. The number of thiocarbonyl (C=S) groups is 1. The van der Waals surface area contributed by atoms with Gasteiger partial charge in [-0.15, -0.1) is 0 Å². The molecule has 0 aliphatic carbocycles. The first-order chi connectivity index (χ1) is 18.7. The number of hydrogen-bond donors (Lipinski definition) is 0. The van der Waals surface area contributed by atoms with E-state index >= 15 is 0 Å². The first-order valence-electron chi connectivity index (χ1n) is 14.0. The minimum Gasteiger partial charge on any atom is -0.357 e. The van der Waals surface area contributed by atoms with Gasteiger partial charge in [0, 0.05) is 31.7 Å². The molecule has 1 aromatic carbocycles. The first-order valence-corrected chi connectivity index (χ1v) is 15.2. The van der Waals surface area contributed by atoms with Crippen molar-refractivity contribution in [1.29, 1.82) is 5.26 Å². The van der Waals surface area contributed by atoms with Gasteiger partial charge in [0.05, 0.1) is 4.91 Å². The van der Waals surface area contributed by atoms with Crippen molar-refractivity contribution in [2.45, 2.75) is 66.3 Å². The highest BCUT2D eigenvalue weighted by molar-refractivity contribution is 8.26. The van der Waals surface area contributed by atoms with E-state index in [1.165, 1.54) is 17.3 Å². The van der Waals surface area contributed by atoms with Gasteiger partial charge in [0.15, 0.2) is 0 Å². The van der Waals surface area contributed by atoms with Gasteiger partial charge in [0.25, 0.3) is 11.5 Å². The monoisotopic (exact) mass is 562 g/mol. The highest BCUT2D eigenvalue weighted by Crippen LogP contribution is 2.37. The van der Waals surface area contributed by atoms with Crippen LogP contribution < -0.4 is 10.5 Å². The molecule has 2 saturated heterocycles. The Hall–Kier alpha value is -2.89. The number of nitriles is 1. The molecule has 6 nitrogen and oxygen atoms in total. The van der Waals surface area contributed by atoms with E-state index < -0.39 is 0 Å². The highest BCUT2D eigenvalue weighted by atomic mass is 32.2. The topological polar surface area (TPSA) is 69.3 Å². The van der Waals surface area contributed by atoms with Gasteiger partial charge in [-0.05, 0) is 61.6 Å². The van der Waals surface area contributed by atoms with Gasteiger partial charge in [-0.3, -0.25) is 19.1 Å². The normalized spacial score (nSPS) is 17.5. The lowest BCUT2D eigenvalue weighted by Crippen LogP contribution is -2.40. The SMILES string of the molecule is CCCCn1c(N2CCC(Cc3ccccc3)CC2)c(/C=C2/SC(=S)N(CC(C)C)C2=O)c(C)c(C#N)c1=O. The molecule has 8 heteroatoms. The third kappa shape index (κ3) is 6.47. The molecule has 1 aromatic heterocycles. The van der Waals surface area contributed by atoms with Gasteiger partial charge in [-0.1, -0.05) is 81.5 Å². The van der Waals surface area contributed by atoms with Crippen LogP contribution in [0.1, 0.15) is 68.7 Å². The third-order valence-electron chi connectivity index (χ3n) is 7.56. The summed E-state index contributed by atoms with van der Waals surface area (Å²) in [5.41, 5.74) is 2.68. The summed E-state index contributed by atoms with van der Waals surface area (Å²) < 4.78 is 2.34. The molecule has 2 aliphatic heterocycles. The van der Waals surface area contributed by atoms with E-state index in [9.17, 15) is 14.9 Å². The molecule has 2 aromatic rings. The minimum absolute atomic E-state index is 0.101. The summed E-state index contributed by atoms with van der Waals surface area (Å²) in [5, 5.41) is 9.95. The number of amides is 1. The standard InChI is InChI=1S/C31H38N4O2S2/c1-5-6-14-34-28(33-15-12-24(13-16-33)17-23-10-8-7-9-11-23)25(22(4)26(19-32)29(34)36)18-27-30(37)35(20-21(2)3)31(38)39-27/h7-11,18,21,24H,5-6,12-17,20H2,1-4H3/b27-18+. The molecular weight excluding hydrogens is 525 g/mol. The van der Waals surface area contributed by atoms with Crippen molar-refractivity contribution in [2.24, 2.45) is 11.8 Å². The molecule has 4 rings (SSSR count). The Labute approximate surface area is 241 Å². The van der Waals surface area contributed by atoms with E-state index in [1.807, 2.05) is 19.1 Å². The predicted molar refractivity (Wildman–Crippen MR) is 165 cm³/mol. The van der Waals surface area contributed by atoms with Crippen LogP contribution in [0.3, 0.4) is 0 Å². The zero-order valence-corrected chi connectivity index (χ0v) is 25.0. The molecule has 2 fully saturated rings. The summed E-state index contributed by atoms with van der Waals surface area (Å²) in [7, 11) is 0. The average molecular weight is 563 g/mol. The predicted octanol–water partition coefficient (Wildman–Crippen LogP) is 6.14. The van der Waals surface area contributed by atoms with Crippen LogP contribution in [0.5, 0.6) is 0 Å². The molecule has 39 heavy (non-hydrogen) atoms. The second-order valence-corrected chi connectivity index (χ2v) is 12.6. The fourth-order valence-corrected chi connectivity index (χ4v) is 6.72. The van der Waals surface area contributed by atoms with Crippen LogP contribution in [0.2, 0.25) is 0 Å². The van der Waals surface area contributed by atoms with Crippen molar-refractivity contribution in [3.63, 3.8) is 0 Å². The lowest BCUT2D eigenvalue weighted by Gasteiger charge is -2.36. The van der Waals surface area contributed by atoms with Crippen molar-refractivity contribution >= 4 is 46.1 Å². The number of anilines is 1. The van der Waals surface area contributed by atoms with Crippen molar-refractivity contribution in [1.82, 2.24) is 9.47 Å². The number of rotatable bonds is 9.